The van der Waals surface area contributed by atoms with Gasteiger partial charge in [-0.1, -0.05) is 35.9 Å². The highest BCUT2D eigenvalue weighted by Crippen LogP contribution is 2.32. The topological polar surface area (TPSA) is 20.2 Å². The Balaban J connectivity index is 2.46. The van der Waals surface area contributed by atoms with Crippen LogP contribution in [0.15, 0.2) is 41.8 Å². The number of thiophene rings is 1. The van der Waals surface area contributed by atoms with Gasteiger partial charge >= 0.3 is 0 Å². The van der Waals surface area contributed by atoms with Crippen LogP contribution in [-0.4, -0.2) is 5.11 Å². The quantitative estimate of drug-likeness (QED) is 0.820. The lowest BCUT2D eigenvalue weighted by atomic mass is 9.93. The van der Waals surface area contributed by atoms with Crippen molar-refractivity contribution in [3.05, 3.63) is 57.8 Å². The lowest BCUT2D eigenvalue weighted by Crippen LogP contribution is -2.21. The van der Waals surface area contributed by atoms with Crippen LogP contribution in [0.4, 0.5) is 0 Å². The molecular weight excluding hydrogens is 204 g/mol. The molecular formula is C13H14OS. The molecule has 2 aromatic rings. The van der Waals surface area contributed by atoms with Crippen LogP contribution >= 0.6 is 11.3 Å². The predicted molar refractivity (Wildman–Crippen MR) is 64.2 cm³/mol. The molecule has 1 aromatic carbocycles. The number of benzene rings is 1. The second-order valence-corrected chi connectivity index (χ2v) is 4.87. The minimum atomic E-state index is -0.875. The number of aryl methyl sites for hydroxylation is 1. The fourth-order valence-electron chi connectivity index (χ4n) is 1.65. The molecule has 0 saturated carbocycles. The average Bonchev–Trinajstić information content (AvgIpc) is 2.71. The first-order chi connectivity index (χ1) is 7.10. The zero-order chi connectivity index (χ0) is 10.9. The van der Waals surface area contributed by atoms with Gasteiger partial charge in [-0.3, -0.25) is 0 Å². The van der Waals surface area contributed by atoms with Crippen molar-refractivity contribution in [2.45, 2.75) is 19.4 Å². The van der Waals surface area contributed by atoms with E-state index < -0.39 is 5.60 Å². The smallest absolute Gasteiger partial charge is 0.121 e. The summed E-state index contributed by atoms with van der Waals surface area (Å²) >= 11 is 1.58. The summed E-state index contributed by atoms with van der Waals surface area (Å²) < 4.78 is 0. The molecule has 78 valence electrons. The van der Waals surface area contributed by atoms with Gasteiger partial charge in [-0.25, -0.2) is 0 Å². The Morgan fingerprint density at radius 2 is 2.00 bits per heavy atom. The van der Waals surface area contributed by atoms with Crippen molar-refractivity contribution in [3.8, 4) is 0 Å². The standard InChI is InChI=1S/C13H14OS/c1-10-5-3-6-11(9-10)13(2,14)12-7-4-8-15-12/h3-9,14H,1-2H3. The normalized spacial score (nSPS) is 14.9. The molecule has 0 bridgehead atoms. The summed E-state index contributed by atoms with van der Waals surface area (Å²) in [7, 11) is 0. The average molecular weight is 218 g/mol. The molecule has 1 heterocycles. The largest absolute Gasteiger partial charge is 0.380 e. The van der Waals surface area contributed by atoms with Crippen LogP contribution in [0.1, 0.15) is 22.9 Å². The van der Waals surface area contributed by atoms with Gasteiger partial charge < -0.3 is 5.11 Å². The van der Waals surface area contributed by atoms with E-state index >= 15 is 0 Å². The first kappa shape index (κ1) is 10.4. The van der Waals surface area contributed by atoms with Crippen LogP contribution < -0.4 is 0 Å². The van der Waals surface area contributed by atoms with Crippen molar-refractivity contribution in [2.75, 3.05) is 0 Å². The monoisotopic (exact) mass is 218 g/mol. The number of aliphatic hydroxyl groups is 1. The maximum Gasteiger partial charge on any atom is 0.121 e. The highest BCUT2D eigenvalue weighted by Gasteiger charge is 2.26. The van der Waals surface area contributed by atoms with Crippen LogP contribution in [0.2, 0.25) is 0 Å². The third-order valence-electron chi connectivity index (χ3n) is 2.58. The van der Waals surface area contributed by atoms with E-state index in [2.05, 4.69) is 0 Å². The van der Waals surface area contributed by atoms with Crippen molar-refractivity contribution < 1.29 is 5.11 Å². The molecule has 0 aliphatic heterocycles. The van der Waals surface area contributed by atoms with Crippen LogP contribution in [-0.2, 0) is 5.60 Å². The summed E-state index contributed by atoms with van der Waals surface area (Å²) in [6.07, 6.45) is 0. The Morgan fingerprint density at radius 1 is 1.20 bits per heavy atom. The van der Waals surface area contributed by atoms with E-state index in [0.717, 1.165) is 10.4 Å². The van der Waals surface area contributed by atoms with Crippen LogP contribution in [0.5, 0.6) is 0 Å². The Morgan fingerprint density at radius 3 is 2.60 bits per heavy atom. The first-order valence-electron chi connectivity index (χ1n) is 4.94. The molecule has 1 N–H and O–H groups in total. The summed E-state index contributed by atoms with van der Waals surface area (Å²) in [6.45, 7) is 3.88. The molecule has 0 radical (unpaired) electrons. The van der Waals surface area contributed by atoms with E-state index in [-0.39, 0.29) is 0 Å². The van der Waals surface area contributed by atoms with Crippen molar-refractivity contribution in [1.29, 1.82) is 0 Å². The molecule has 2 heteroatoms. The van der Waals surface area contributed by atoms with E-state index in [9.17, 15) is 5.11 Å². The molecule has 0 aliphatic rings. The zero-order valence-electron chi connectivity index (χ0n) is 8.90. The maximum absolute atomic E-state index is 10.5. The fraction of sp³-hybridized carbons (Fsp3) is 0.231. The van der Waals surface area contributed by atoms with E-state index in [1.54, 1.807) is 11.3 Å². The molecule has 0 spiro atoms. The van der Waals surface area contributed by atoms with Crippen molar-refractivity contribution in [2.24, 2.45) is 0 Å². The van der Waals surface area contributed by atoms with Crippen LogP contribution in [0, 0.1) is 6.92 Å². The van der Waals surface area contributed by atoms with Gasteiger partial charge in [0.25, 0.3) is 0 Å². The number of rotatable bonds is 2. The lowest BCUT2D eigenvalue weighted by molar-refractivity contribution is 0.106. The Bertz CT molecular complexity index is 443. The molecule has 1 nitrogen and oxygen atoms in total. The molecule has 1 unspecified atom stereocenters. The molecule has 0 fully saturated rings. The van der Waals surface area contributed by atoms with Crippen LogP contribution in [0.25, 0.3) is 0 Å². The van der Waals surface area contributed by atoms with E-state index in [0.29, 0.717) is 0 Å². The lowest BCUT2D eigenvalue weighted by Gasteiger charge is -2.22. The van der Waals surface area contributed by atoms with Crippen molar-refractivity contribution in [1.82, 2.24) is 0 Å². The molecule has 2 rings (SSSR count). The van der Waals surface area contributed by atoms with Gasteiger partial charge in [0.1, 0.15) is 5.60 Å². The van der Waals surface area contributed by atoms with Gasteiger partial charge in [0.15, 0.2) is 0 Å². The zero-order valence-corrected chi connectivity index (χ0v) is 9.71. The van der Waals surface area contributed by atoms with Gasteiger partial charge in [0, 0.05) is 4.88 Å². The second-order valence-electron chi connectivity index (χ2n) is 3.92. The first-order valence-corrected chi connectivity index (χ1v) is 5.82. The summed E-state index contributed by atoms with van der Waals surface area (Å²) in [4.78, 5) is 0.980. The van der Waals surface area contributed by atoms with E-state index in [4.69, 9.17) is 0 Å². The fourth-order valence-corrected chi connectivity index (χ4v) is 2.45. The van der Waals surface area contributed by atoms with E-state index in [1.807, 2.05) is 55.6 Å². The van der Waals surface area contributed by atoms with Gasteiger partial charge in [-0.15, -0.1) is 11.3 Å². The Labute approximate surface area is 94.0 Å². The summed E-state index contributed by atoms with van der Waals surface area (Å²) in [6, 6.07) is 11.9. The SMILES string of the molecule is Cc1cccc(C(C)(O)c2cccs2)c1. The van der Waals surface area contributed by atoms with Crippen molar-refractivity contribution in [3.63, 3.8) is 0 Å². The Hall–Kier alpha value is -1.12. The summed E-state index contributed by atoms with van der Waals surface area (Å²) in [5, 5.41) is 12.5. The summed E-state index contributed by atoms with van der Waals surface area (Å²) in [5.41, 5.74) is 1.24. The molecule has 0 aliphatic carbocycles. The third kappa shape index (κ3) is 1.96. The molecule has 1 atom stereocenters. The van der Waals surface area contributed by atoms with Gasteiger partial charge in [0.2, 0.25) is 0 Å². The minimum Gasteiger partial charge on any atom is -0.380 e. The van der Waals surface area contributed by atoms with Gasteiger partial charge in [-0.05, 0) is 30.9 Å². The number of hydrogen-bond acceptors (Lipinski definition) is 2. The number of hydrogen-bond donors (Lipinski definition) is 1. The van der Waals surface area contributed by atoms with Gasteiger partial charge in [0.05, 0.1) is 0 Å². The molecule has 1 aromatic heterocycles. The summed E-state index contributed by atoms with van der Waals surface area (Å²) in [5.74, 6) is 0. The van der Waals surface area contributed by atoms with Gasteiger partial charge in [-0.2, -0.15) is 0 Å². The Kier molecular flexibility index (Phi) is 2.63. The molecule has 0 amide bonds. The predicted octanol–water partition coefficient (Wildman–Crippen LogP) is 3.31. The highest BCUT2D eigenvalue weighted by atomic mass is 32.1. The minimum absolute atomic E-state index is 0.875. The second kappa shape index (κ2) is 3.80. The molecule has 15 heavy (non-hydrogen) atoms. The molecule has 0 saturated heterocycles. The highest BCUT2D eigenvalue weighted by molar-refractivity contribution is 7.10. The maximum atomic E-state index is 10.5. The van der Waals surface area contributed by atoms with E-state index in [1.165, 1.54) is 5.56 Å². The van der Waals surface area contributed by atoms with Crippen molar-refractivity contribution >= 4 is 11.3 Å². The third-order valence-corrected chi connectivity index (χ3v) is 3.66. The van der Waals surface area contributed by atoms with Crippen LogP contribution in [0.3, 0.4) is 0 Å².